The van der Waals surface area contributed by atoms with Crippen molar-refractivity contribution in [1.29, 1.82) is 0 Å². The van der Waals surface area contributed by atoms with Crippen molar-refractivity contribution in [2.24, 2.45) is 7.05 Å². The van der Waals surface area contributed by atoms with E-state index in [1.165, 1.54) is 5.56 Å². The van der Waals surface area contributed by atoms with Crippen molar-refractivity contribution in [1.82, 2.24) is 24.6 Å². The van der Waals surface area contributed by atoms with Gasteiger partial charge in [-0.15, -0.1) is 0 Å². The zero-order chi connectivity index (χ0) is 17.9. The van der Waals surface area contributed by atoms with Gasteiger partial charge in [-0.05, 0) is 12.5 Å². The second-order valence-corrected chi connectivity index (χ2v) is 6.77. The van der Waals surface area contributed by atoms with Crippen molar-refractivity contribution in [2.75, 3.05) is 31.1 Å². The topological polar surface area (TPSA) is 50.1 Å². The third-order valence-corrected chi connectivity index (χ3v) is 5.09. The molecule has 0 saturated carbocycles. The van der Waals surface area contributed by atoms with E-state index in [4.69, 9.17) is 4.98 Å². The van der Waals surface area contributed by atoms with Crippen molar-refractivity contribution in [2.45, 2.75) is 13.0 Å². The van der Waals surface area contributed by atoms with Crippen LogP contribution in [0.3, 0.4) is 0 Å². The van der Waals surface area contributed by atoms with Crippen molar-refractivity contribution >= 4 is 5.82 Å². The van der Waals surface area contributed by atoms with Gasteiger partial charge in [0.05, 0.1) is 24.3 Å². The first kappa shape index (κ1) is 16.7. The molecule has 1 atom stereocenters. The predicted molar refractivity (Wildman–Crippen MR) is 103 cm³/mol. The van der Waals surface area contributed by atoms with E-state index < -0.39 is 0 Å². The van der Waals surface area contributed by atoms with Crippen LogP contribution in [0.1, 0.15) is 18.5 Å². The summed E-state index contributed by atoms with van der Waals surface area (Å²) in [7, 11) is 1.91. The number of piperazine rings is 1. The molecule has 1 aromatic carbocycles. The molecule has 0 aliphatic carbocycles. The monoisotopic (exact) mass is 348 g/mol. The number of aryl methyl sites for hydroxylation is 1. The van der Waals surface area contributed by atoms with Crippen molar-refractivity contribution < 1.29 is 0 Å². The molecule has 0 bridgehead atoms. The Bertz CT molecular complexity index is 852. The first-order valence-electron chi connectivity index (χ1n) is 9.06. The fourth-order valence-corrected chi connectivity index (χ4v) is 3.48. The van der Waals surface area contributed by atoms with Gasteiger partial charge < -0.3 is 4.90 Å². The molecule has 0 amide bonds. The Labute approximate surface area is 154 Å². The van der Waals surface area contributed by atoms with Gasteiger partial charge in [0, 0.05) is 51.0 Å². The Morgan fingerprint density at radius 1 is 0.962 bits per heavy atom. The SMILES string of the molecule is CC(c1ccccc1)N1CCN(c2cncc(-c3cnn(C)c3)n2)CC1. The summed E-state index contributed by atoms with van der Waals surface area (Å²) in [6, 6.07) is 11.1. The van der Waals surface area contributed by atoms with Crippen LogP contribution >= 0.6 is 0 Å². The normalized spacial score (nSPS) is 16.6. The number of anilines is 1. The van der Waals surface area contributed by atoms with Crippen molar-refractivity contribution in [3.63, 3.8) is 0 Å². The highest BCUT2D eigenvalue weighted by Gasteiger charge is 2.23. The number of aromatic nitrogens is 4. The third kappa shape index (κ3) is 3.46. The Kier molecular flexibility index (Phi) is 4.67. The Balaban J connectivity index is 1.43. The maximum absolute atomic E-state index is 4.80. The van der Waals surface area contributed by atoms with Crippen LogP contribution in [0.5, 0.6) is 0 Å². The van der Waals surface area contributed by atoms with Crippen LogP contribution in [-0.4, -0.2) is 50.8 Å². The molecule has 1 saturated heterocycles. The summed E-state index contributed by atoms with van der Waals surface area (Å²) in [4.78, 5) is 14.0. The molecule has 6 heteroatoms. The number of benzene rings is 1. The molecule has 3 aromatic rings. The Morgan fingerprint density at radius 2 is 1.73 bits per heavy atom. The lowest BCUT2D eigenvalue weighted by Crippen LogP contribution is -2.47. The average Bonchev–Trinajstić information content (AvgIpc) is 3.15. The molecule has 4 rings (SSSR count). The zero-order valence-corrected chi connectivity index (χ0v) is 15.3. The molecule has 1 unspecified atom stereocenters. The summed E-state index contributed by atoms with van der Waals surface area (Å²) in [5.41, 5.74) is 3.24. The Morgan fingerprint density at radius 3 is 2.42 bits per heavy atom. The van der Waals surface area contributed by atoms with E-state index in [2.05, 4.69) is 57.1 Å². The number of rotatable bonds is 4. The van der Waals surface area contributed by atoms with Crippen molar-refractivity contribution in [3.05, 3.63) is 60.7 Å². The third-order valence-electron chi connectivity index (χ3n) is 5.09. The van der Waals surface area contributed by atoms with Crippen LogP contribution in [0.4, 0.5) is 5.82 Å². The van der Waals surface area contributed by atoms with Crippen LogP contribution in [0.25, 0.3) is 11.3 Å². The van der Waals surface area contributed by atoms with Crippen LogP contribution in [-0.2, 0) is 7.05 Å². The fourth-order valence-electron chi connectivity index (χ4n) is 3.48. The summed E-state index contributed by atoms with van der Waals surface area (Å²) in [5.74, 6) is 0.943. The van der Waals surface area contributed by atoms with Gasteiger partial charge in [0.25, 0.3) is 0 Å². The fraction of sp³-hybridized carbons (Fsp3) is 0.350. The number of hydrogen-bond acceptors (Lipinski definition) is 5. The minimum absolute atomic E-state index is 0.436. The van der Waals surface area contributed by atoms with E-state index >= 15 is 0 Å². The molecule has 134 valence electrons. The van der Waals surface area contributed by atoms with Crippen LogP contribution < -0.4 is 4.90 Å². The minimum Gasteiger partial charge on any atom is -0.353 e. The number of nitrogens with zero attached hydrogens (tertiary/aromatic N) is 6. The van der Waals surface area contributed by atoms with Gasteiger partial charge in [-0.2, -0.15) is 5.10 Å². The van der Waals surface area contributed by atoms with E-state index in [0.717, 1.165) is 43.3 Å². The quantitative estimate of drug-likeness (QED) is 0.726. The lowest BCUT2D eigenvalue weighted by molar-refractivity contribution is 0.198. The lowest BCUT2D eigenvalue weighted by atomic mass is 10.1. The molecule has 1 aliphatic heterocycles. The van der Waals surface area contributed by atoms with Gasteiger partial charge in [0.15, 0.2) is 0 Å². The highest BCUT2D eigenvalue weighted by atomic mass is 15.3. The van der Waals surface area contributed by atoms with E-state index in [1.807, 2.05) is 25.6 Å². The first-order chi connectivity index (χ1) is 12.7. The zero-order valence-electron chi connectivity index (χ0n) is 15.3. The average molecular weight is 348 g/mol. The van der Waals surface area contributed by atoms with Crippen molar-refractivity contribution in [3.8, 4) is 11.3 Å². The highest BCUT2D eigenvalue weighted by Crippen LogP contribution is 2.24. The molecule has 1 fully saturated rings. The first-order valence-corrected chi connectivity index (χ1v) is 9.06. The highest BCUT2D eigenvalue weighted by molar-refractivity contribution is 5.58. The molecule has 0 N–H and O–H groups in total. The van der Waals surface area contributed by atoms with E-state index in [-0.39, 0.29) is 0 Å². The Hall–Kier alpha value is -2.73. The van der Waals surface area contributed by atoms with E-state index in [9.17, 15) is 0 Å². The maximum Gasteiger partial charge on any atom is 0.147 e. The van der Waals surface area contributed by atoms with Crippen LogP contribution in [0.2, 0.25) is 0 Å². The summed E-state index contributed by atoms with van der Waals surface area (Å²) in [6.07, 6.45) is 7.45. The van der Waals surface area contributed by atoms with E-state index in [0.29, 0.717) is 6.04 Å². The molecule has 26 heavy (non-hydrogen) atoms. The van der Waals surface area contributed by atoms with Crippen LogP contribution in [0.15, 0.2) is 55.1 Å². The second-order valence-electron chi connectivity index (χ2n) is 6.77. The second kappa shape index (κ2) is 7.25. The van der Waals surface area contributed by atoms with E-state index in [1.54, 1.807) is 10.9 Å². The largest absolute Gasteiger partial charge is 0.353 e. The maximum atomic E-state index is 4.80. The number of hydrogen-bond donors (Lipinski definition) is 0. The van der Waals surface area contributed by atoms with Crippen LogP contribution in [0, 0.1) is 0 Å². The molecule has 0 radical (unpaired) electrons. The van der Waals surface area contributed by atoms with Gasteiger partial charge in [0.1, 0.15) is 5.82 Å². The molecule has 3 heterocycles. The molecular weight excluding hydrogens is 324 g/mol. The minimum atomic E-state index is 0.436. The summed E-state index contributed by atoms with van der Waals surface area (Å²) < 4.78 is 1.79. The summed E-state index contributed by atoms with van der Waals surface area (Å²) in [5, 5.41) is 4.22. The van der Waals surface area contributed by atoms with Gasteiger partial charge in [-0.1, -0.05) is 30.3 Å². The molecule has 1 aliphatic rings. The molecule has 0 spiro atoms. The predicted octanol–water partition coefficient (Wildman–Crippen LogP) is 2.76. The molecule has 6 nitrogen and oxygen atoms in total. The standard InChI is InChI=1S/C20H24N6/c1-16(17-6-4-3-5-7-17)25-8-10-26(11-9-25)20-14-21-13-19(23-20)18-12-22-24(2)15-18/h3-7,12-16H,8-11H2,1-2H3. The van der Waals surface area contributed by atoms with Gasteiger partial charge in [-0.3, -0.25) is 14.6 Å². The lowest BCUT2D eigenvalue weighted by Gasteiger charge is -2.38. The molecular formula is C20H24N6. The summed E-state index contributed by atoms with van der Waals surface area (Å²) in [6.45, 7) is 6.25. The smallest absolute Gasteiger partial charge is 0.147 e. The summed E-state index contributed by atoms with van der Waals surface area (Å²) >= 11 is 0. The van der Waals surface area contributed by atoms with Gasteiger partial charge in [-0.25, -0.2) is 4.98 Å². The molecule has 2 aromatic heterocycles. The van der Waals surface area contributed by atoms with Gasteiger partial charge in [0.2, 0.25) is 0 Å². The van der Waals surface area contributed by atoms with Gasteiger partial charge >= 0.3 is 0 Å².